The lowest BCUT2D eigenvalue weighted by Crippen LogP contribution is -2.35. The Morgan fingerprint density at radius 1 is 1.30 bits per heavy atom. The van der Waals surface area contributed by atoms with Gasteiger partial charge in [0.1, 0.15) is 5.75 Å². The van der Waals surface area contributed by atoms with E-state index in [1.807, 2.05) is 16.8 Å². The minimum absolute atomic E-state index is 0.0275. The van der Waals surface area contributed by atoms with Crippen LogP contribution in [0.3, 0.4) is 0 Å². The predicted molar refractivity (Wildman–Crippen MR) is 91.9 cm³/mol. The van der Waals surface area contributed by atoms with Gasteiger partial charge < -0.3 is 15.0 Å². The molecule has 1 heterocycles. The van der Waals surface area contributed by atoms with Crippen molar-refractivity contribution in [3.8, 4) is 5.75 Å². The highest BCUT2D eigenvalue weighted by Crippen LogP contribution is 2.16. The second kappa shape index (κ2) is 8.33. The van der Waals surface area contributed by atoms with Crippen LogP contribution < -0.4 is 10.1 Å². The molecule has 0 unspecified atom stereocenters. The molecule has 0 saturated carbocycles. The second-order valence-electron chi connectivity index (χ2n) is 5.16. The number of amides is 2. The minimum atomic E-state index is -0.232. The zero-order chi connectivity index (χ0) is 16.7. The van der Waals surface area contributed by atoms with Crippen LogP contribution in [0.5, 0.6) is 5.75 Å². The van der Waals surface area contributed by atoms with Gasteiger partial charge in [-0.15, -0.1) is 0 Å². The number of thiophene rings is 1. The van der Waals surface area contributed by atoms with Crippen LogP contribution in [0, 0.1) is 0 Å². The number of carbonyl (C=O) groups excluding carboxylic acids is 2. The number of aryl methyl sites for hydroxylation is 1. The fraction of sp³-hybridized carbons (Fsp3) is 0.294. The quantitative estimate of drug-likeness (QED) is 0.848. The molecule has 0 radical (unpaired) electrons. The van der Waals surface area contributed by atoms with Gasteiger partial charge in [0.15, 0.2) is 0 Å². The molecule has 23 heavy (non-hydrogen) atoms. The Morgan fingerprint density at radius 3 is 2.83 bits per heavy atom. The van der Waals surface area contributed by atoms with Gasteiger partial charge in [0.2, 0.25) is 11.8 Å². The molecule has 0 aliphatic carbocycles. The third-order valence-corrected chi connectivity index (χ3v) is 4.10. The average molecular weight is 332 g/mol. The Bertz CT molecular complexity index is 656. The van der Waals surface area contributed by atoms with E-state index in [2.05, 4.69) is 5.32 Å². The molecule has 5 nitrogen and oxygen atoms in total. The van der Waals surface area contributed by atoms with Crippen LogP contribution in [0.25, 0.3) is 0 Å². The molecule has 1 aromatic carbocycles. The summed E-state index contributed by atoms with van der Waals surface area (Å²) in [6.07, 6.45) is 1.10. The molecule has 0 saturated heterocycles. The number of nitrogens with one attached hydrogen (secondary N) is 1. The van der Waals surface area contributed by atoms with Crippen molar-refractivity contribution in [1.82, 2.24) is 4.90 Å². The van der Waals surface area contributed by atoms with E-state index < -0.39 is 0 Å². The highest BCUT2D eigenvalue weighted by atomic mass is 32.1. The summed E-state index contributed by atoms with van der Waals surface area (Å²) in [5, 5.41) is 6.78. The van der Waals surface area contributed by atoms with Crippen molar-refractivity contribution in [2.24, 2.45) is 0 Å². The van der Waals surface area contributed by atoms with Crippen LogP contribution in [-0.2, 0) is 16.0 Å². The molecule has 0 aliphatic heterocycles. The van der Waals surface area contributed by atoms with Gasteiger partial charge in [-0.25, -0.2) is 0 Å². The highest BCUT2D eigenvalue weighted by molar-refractivity contribution is 7.07. The van der Waals surface area contributed by atoms with E-state index >= 15 is 0 Å². The van der Waals surface area contributed by atoms with Gasteiger partial charge in [0.05, 0.1) is 13.7 Å². The van der Waals surface area contributed by atoms with Crippen LogP contribution in [0.1, 0.15) is 12.0 Å². The number of anilines is 1. The van der Waals surface area contributed by atoms with Crippen LogP contribution in [0.2, 0.25) is 0 Å². The molecular formula is C17H20N2O3S. The lowest BCUT2D eigenvalue weighted by atomic mass is 10.2. The number of likely N-dealkylation sites (N-methyl/N-ethyl adjacent to an activating group) is 1. The van der Waals surface area contributed by atoms with Crippen LogP contribution >= 0.6 is 11.3 Å². The number of ether oxygens (including phenoxy) is 1. The molecule has 0 atom stereocenters. The average Bonchev–Trinajstić information content (AvgIpc) is 3.06. The van der Waals surface area contributed by atoms with Gasteiger partial charge in [-0.3, -0.25) is 9.59 Å². The molecule has 2 aromatic rings. The Morgan fingerprint density at radius 2 is 2.13 bits per heavy atom. The van der Waals surface area contributed by atoms with Crippen LogP contribution in [-0.4, -0.2) is 37.4 Å². The van der Waals surface area contributed by atoms with Gasteiger partial charge in [0.25, 0.3) is 0 Å². The molecule has 6 heteroatoms. The second-order valence-corrected chi connectivity index (χ2v) is 5.94. The standard InChI is InChI=1S/C17H20N2O3S/c1-19(17(21)7-6-13-8-9-23-12-13)11-16(20)18-14-4-3-5-15(10-14)22-2/h3-5,8-10,12H,6-7,11H2,1-2H3,(H,18,20). The Hall–Kier alpha value is -2.34. The van der Waals surface area contributed by atoms with E-state index in [1.54, 1.807) is 49.8 Å². The fourth-order valence-electron chi connectivity index (χ4n) is 2.08. The summed E-state index contributed by atoms with van der Waals surface area (Å²) in [6, 6.07) is 9.11. The maximum atomic E-state index is 12.1. The summed E-state index contributed by atoms with van der Waals surface area (Å²) >= 11 is 1.62. The Labute approximate surface area is 139 Å². The number of carbonyl (C=O) groups is 2. The van der Waals surface area contributed by atoms with E-state index in [1.165, 1.54) is 4.90 Å². The normalized spacial score (nSPS) is 10.2. The van der Waals surface area contributed by atoms with Gasteiger partial charge in [0, 0.05) is 25.2 Å². The fourth-order valence-corrected chi connectivity index (χ4v) is 2.79. The van der Waals surface area contributed by atoms with Gasteiger partial charge in [-0.05, 0) is 40.9 Å². The van der Waals surface area contributed by atoms with Crippen LogP contribution in [0.4, 0.5) is 5.69 Å². The maximum Gasteiger partial charge on any atom is 0.243 e. The molecule has 1 aromatic heterocycles. The van der Waals surface area contributed by atoms with E-state index in [9.17, 15) is 9.59 Å². The van der Waals surface area contributed by atoms with Gasteiger partial charge >= 0.3 is 0 Å². The molecule has 2 amide bonds. The maximum absolute atomic E-state index is 12.1. The molecule has 122 valence electrons. The Kier molecular flexibility index (Phi) is 6.17. The van der Waals surface area contributed by atoms with Crippen molar-refractivity contribution in [3.05, 3.63) is 46.7 Å². The van der Waals surface area contributed by atoms with Crippen molar-refractivity contribution in [2.75, 3.05) is 26.0 Å². The summed E-state index contributed by atoms with van der Waals surface area (Å²) in [6.45, 7) is 0.0275. The van der Waals surface area contributed by atoms with E-state index in [0.29, 0.717) is 24.3 Å². The molecule has 0 aliphatic rings. The van der Waals surface area contributed by atoms with E-state index in [-0.39, 0.29) is 18.4 Å². The number of hydrogen-bond acceptors (Lipinski definition) is 4. The highest BCUT2D eigenvalue weighted by Gasteiger charge is 2.13. The first-order valence-electron chi connectivity index (χ1n) is 7.27. The largest absolute Gasteiger partial charge is 0.497 e. The first-order chi connectivity index (χ1) is 11.1. The van der Waals surface area contributed by atoms with Crippen molar-refractivity contribution in [3.63, 3.8) is 0 Å². The SMILES string of the molecule is COc1cccc(NC(=O)CN(C)C(=O)CCc2ccsc2)c1. The predicted octanol–water partition coefficient (Wildman–Crippen LogP) is 2.79. The summed E-state index contributed by atoms with van der Waals surface area (Å²) in [5.41, 5.74) is 1.80. The third-order valence-electron chi connectivity index (χ3n) is 3.37. The smallest absolute Gasteiger partial charge is 0.243 e. The zero-order valence-corrected chi connectivity index (χ0v) is 14.1. The lowest BCUT2D eigenvalue weighted by molar-refractivity contribution is -0.133. The van der Waals surface area contributed by atoms with Crippen molar-refractivity contribution < 1.29 is 14.3 Å². The van der Waals surface area contributed by atoms with Gasteiger partial charge in [-0.1, -0.05) is 6.07 Å². The number of rotatable bonds is 7. The first-order valence-corrected chi connectivity index (χ1v) is 8.21. The van der Waals surface area contributed by atoms with Crippen molar-refractivity contribution >= 4 is 28.8 Å². The van der Waals surface area contributed by atoms with E-state index in [4.69, 9.17) is 4.74 Å². The lowest BCUT2D eigenvalue weighted by Gasteiger charge is -2.17. The molecule has 2 rings (SSSR count). The minimum Gasteiger partial charge on any atom is -0.497 e. The molecule has 0 bridgehead atoms. The van der Waals surface area contributed by atoms with Crippen molar-refractivity contribution in [1.29, 1.82) is 0 Å². The summed E-state index contributed by atoms with van der Waals surface area (Å²) in [5.74, 6) is 0.393. The molecule has 0 spiro atoms. The number of hydrogen-bond donors (Lipinski definition) is 1. The monoisotopic (exact) mass is 332 g/mol. The zero-order valence-electron chi connectivity index (χ0n) is 13.2. The van der Waals surface area contributed by atoms with Crippen LogP contribution in [0.15, 0.2) is 41.1 Å². The van der Waals surface area contributed by atoms with Crippen molar-refractivity contribution in [2.45, 2.75) is 12.8 Å². The number of methoxy groups -OCH3 is 1. The topological polar surface area (TPSA) is 58.6 Å². The molecule has 1 N–H and O–H groups in total. The third kappa shape index (κ3) is 5.41. The number of nitrogens with zero attached hydrogens (tertiary/aromatic N) is 1. The van der Waals surface area contributed by atoms with E-state index in [0.717, 1.165) is 5.56 Å². The number of benzene rings is 1. The molecular weight excluding hydrogens is 312 g/mol. The Balaban J connectivity index is 1.80. The summed E-state index contributed by atoms with van der Waals surface area (Å²) in [4.78, 5) is 25.5. The first kappa shape index (κ1) is 17.0. The molecule has 0 fully saturated rings. The van der Waals surface area contributed by atoms with Gasteiger partial charge in [-0.2, -0.15) is 11.3 Å². The summed E-state index contributed by atoms with van der Waals surface area (Å²) in [7, 11) is 3.21. The summed E-state index contributed by atoms with van der Waals surface area (Å²) < 4.78 is 5.11.